The van der Waals surface area contributed by atoms with E-state index in [0.29, 0.717) is 17.4 Å². The van der Waals surface area contributed by atoms with Gasteiger partial charge < -0.3 is 9.84 Å². The topological polar surface area (TPSA) is 45.6 Å². The zero-order chi connectivity index (χ0) is 19.3. The predicted molar refractivity (Wildman–Crippen MR) is 112 cm³/mol. The van der Waals surface area contributed by atoms with Gasteiger partial charge >= 0.3 is 0 Å². The van der Waals surface area contributed by atoms with Gasteiger partial charge in [0.2, 0.25) is 0 Å². The van der Waals surface area contributed by atoms with Gasteiger partial charge in [0.1, 0.15) is 6.61 Å². The zero-order valence-electron chi connectivity index (χ0n) is 15.6. The van der Waals surface area contributed by atoms with Gasteiger partial charge in [0, 0.05) is 36.1 Å². The Labute approximate surface area is 170 Å². The smallest absolute Gasteiger partial charge is 0.165 e. The first-order valence-corrected chi connectivity index (χ1v) is 9.93. The van der Waals surface area contributed by atoms with E-state index >= 15 is 0 Å². The molecule has 3 aromatic rings. The van der Waals surface area contributed by atoms with Crippen LogP contribution in [0.15, 0.2) is 60.9 Å². The van der Waals surface area contributed by atoms with Crippen LogP contribution in [-0.4, -0.2) is 34.7 Å². The summed E-state index contributed by atoms with van der Waals surface area (Å²) in [5.41, 5.74) is 4.20. The third-order valence-corrected chi connectivity index (χ3v) is 5.25. The number of aromatic nitrogens is 1. The number of pyridine rings is 1. The maximum atomic E-state index is 10.5. The van der Waals surface area contributed by atoms with Gasteiger partial charge in [-0.25, -0.2) is 0 Å². The van der Waals surface area contributed by atoms with Gasteiger partial charge in [0.25, 0.3) is 0 Å². The summed E-state index contributed by atoms with van der Waals surface area (Å²) >= 11 is 6.14. The lowest BCUT2D eigenvalue weighted by molar-refractivity contribution is 0.221. The largest absolute Gasteiger partial charge is 0.504 e. The van der Waals surface area contributed by atoms with Gasteiger partial charge in [-0.15, -0.1) is 0 Å². The number of halogens is 1. The maximum absolute atomic E-state index is 10.5. The molecule has 1 aromatic heterocycles. The number of phenolic OH excluding ortho intramolecular Hbond substituents is 1. The summed E-state index contributed by atoms with van der Waals surface area (Å²) < 4.78 is 5.86. The number of rotatable bonds is 5. The molecule has 144 valence electrons. The van der Waals surface area contributed by atoms with E-state index < -0.39 is 0 Å². The van der Waals surface area contributed by atoms with E-state index in [1.807, 2.05) is 36.5 Å². The highest BCUT2D eigenvalue weighted by molar-refractivity contribution is 6.30. The first-order chi connectivity index (χ1) is 13.7. The SMILES string of the molecule is Oc1cc(-c2cccc(Cl)c2)cc2c1OCCN(CCCc1cccnc1)C2. The summed E-state index contributed by atoms with van der Waals surface area (Å²) in [5, 5.41) is 11.2. The highest BCUT2D eigenvalue weighted by Crippen LogP contribution is 2.38. The molecular formula is C23H23ClN2O2. The second kappa shape index (κ2) is 8.63. The van der Waals surface area contributed by atoms with E-state index in [0.717, 1.165) is 49.2 Å². The Morgan fingerprint density at radius 2 is 2.04 bits per heavy atom. The molecule has 1 N–H and O–H groups in total. The highest BCUT2D eigenvalue weighted by Gasteiger charge is 2.19. The zero-order valence-corrected chi connectivity index (χ0v) is 16.4. The van der Waals surface area contributed by atoms with Gasteiger partial charge in [-0.3, -0.25) is 9.88 Å². The predicted octanol–water partition coefficient (Wildman–Crippen LogP) is 4.93. The number of ether oxygens (including phenoxy) is 1. The number of hydrogen-bond acceptors (Lipinski definition) is 4. The average Bonchev–Trinajstić information content (AvgIpc) is 2.91. The molecule has 5 heteroatoms. The molecule has 4 nitrogen and oxygen atoms in total. The minimum absolute atomic E-state index is 0.185. The molecule has 0 bridgehead atoms. The molecule has 0 saturated heterocycles. The van der Waals surface area contributed by atoms with Crippen LogP contribution in [0.1, 0.15) is 17.5 Å². The molecule has 28 heavy (non-hydrogen) atoms. The maximum Gasteiger partial charge on any atom is 0.165 e. The molecule has 1 aliphatic heterocycles. The Bertz CT molecular complexity index is 947. The van der Waals surface area contributed by atoms with Crippen molar-refractivity contribution in [1.82, 2.24) is 9.88 Å². The molecule has 2 aromatic carbocycles. The molecule has 0 saturated carbocycles. The summed E-state index contributed by atoms with van der Waals surface area (Å²) in [5.74, 6) is 0.783. The Morgan fingerprint density at radius 3 is 2.86 bits per heavy atom. The van der Waals surface area contributed by atoms with E-state index in [1.54, 1.807) is 12.3 Å². The van der Waals surface area contributed by atoms with Crippen molar-refractivity contribution in [2.45, 2.75) is 19.4 Å². The molecule has 0 amide bonds. The van der Waals surface area contributed by atoms with Gasteiger partial charge in [0.05, 0.1) is 0 Å². The first kappa shape index (κ1) is 18.8. The molecule has 0 fully saturated rings. The first-order valence-electron chi connectivity index (χ1n) is 9.55. The Morgan fingerprint density at radius 1 is 1.11 bits per heavy atom. The van der Waals surface area contributed by atoms with Crippen molar-refractivity contribution in [3.05, 3.63) is 77.1 Å². The number of phenols is 1. The Balaban J connectivity index is 1.50. The summed E-state index contributed by atoms with van der Waals surface area (Å²) in [6.45, 7) is 3.14. The number of nitrogens with zero attached hydrogens (tertiary/aromatic N) is 2. The van der Waals surface area contributed by atoms with E-state index in [-0.39, 0.29) is 5.75 Å². The monoisotopic (exact) mass is 394 g/mol. The van der Waals surface area contributed by atoms with Crippen LogP contribution in [0.3, 0.4) is 0 Å². The molecule has 0 radical (unpaired) electrons. The summed E-state index contributed by atoms with van der Waals surface area (Å²) in [6, 6.07) is 15.6. The molecule has 0 unspecified atom stereocenters. The van der Waals surface area contributed by atoms with Crippen molar-refractivity contribution >= 4 is 11.6 Å². The molecular weight excluding hydrogens is 372 g/mol. The highest BCUT2D eigenvalue weighted by atomic mass is 35.5. The molecule has 0 aliphatic carbocycles. The van der Waals surface area contributed by atoms with E-state index in [2.05, 4.69) is 22.0 Å². The van der Waals surface area contributed by atoms with Crippen molar-refractivity contribution in [2.75, 3.05) is 19.7 Å². The summed E-state index contributed by atoms with van der Waals surface area (Å²) in [4.78, 5) is 6.56. The number of hydrogen-bond donors (Lipinski definition) is 1. The fourth-order valence-corrected chi connectivity index (χ4v) is 3.82. The van der Waals surface area contributed by atoms with Gasteiger partial charge in [-0.05, 0) is 66.4 Å². The van der Waals surface area contributed by atoms with E-state index in [4.69, 9.17) is 16.3 Å². The van der Waals surface area contributed by atoms with Crippen molar-refractivity contribution in [1.29, 1.82) is 0 Å². The van der Waals surface area contributed by atoms with Crippen LogP contribution in [0.2, 0.25) is 5.02 Å². The van der Waals surface area contributed by atoms with Crippen LogP contribution in [0, 0.1) is 0 Å². The molecule has 0 spiro atoms. The second-order valence-electron chi connectivity index (χ2n) is 7.08. The lowest BCUT2D eigenvalue weighted by Gasteiger charge is -2.19. The van der Waals surface area contributed by atoms with Crippen molar-refractivity contribution in [2.24, 2.45) is 0 Å². The second-order valence-corrected chi connectivity index (χ2v) is 7.52. The molecule has 0 atom stereocenters. The van der Waals surface area contributed by atoms with Gasteiger partial charge in [-0.1, -0.05) is 29.8 Å². The van der Waals surface area contributed by atoms with Crippen LogP contribution in [-0.2, 0) is 13.0 Å². The Kier molecular flexibility index (Phi) is 5.79. The van der Waals surface area contributed by atoms with E-state index in [9.17, 15) is 5.11 Å². The lowest BCUT2D eigenvalue weighted by Crippen LogP contribution is -2.27. The van der Waals surface area contributed by atoms with Crippen molar-refractivity contribution in [3.8, 4) is 22.6 Å². The van der Waals surface area contributed by atoms with Crippen LogP contribution in [0.4, 0.5) is 0 Å². The fraction of sp³-hybridized carbons (Fsp3) is 0.261. The van der Waals surface area contributed by atoms with Crippen molar-refractivity contribution in [3.63, 3.8) is 0 Å². The van der Waals surface area contributed by atoms with Crippen LogP contribution < -0.4 is 4.74 Å². The third kappa shape index (κ3) is 4.46. The average molecular weight is 395 g/mol. The molecule has 2 heterocycles. The molecule has 1 aliphatic rings. The number of aryl methyl sites for hydroxylation is 1. The van der Waals surface area contributed by atoms with Crippen LogP contribution >= 0.6 is 11.6 Å². The fourth-order valence-electron chi connectivity index (χ4n) is 3.63. The quantitative estimate of drug-likeness (QED) is 0.666. The van der Waals surface area contributed by atoms with Crippen LogP contribution in [0.25, 0.3) is 11.1 Å². The minimum atomic E-state index is 0.185. The van der Waals surface area contributed by atoms with E-state index in [1.165, 1.54) is 5.56 Å². The third-order valence-electron chi connectivity index (χ3n) is 5.01. The van der Waals surface area contributed by atoms with Crippen LogP contribution in [0.5, 0.6) is 11.5 Å². The minimum Gasteiger partial charge on any atom is -0.504 e. The van der Waals surface area contributed by atoms with Crippen molar-refractivity contribution < 1.29 is 9.84 Å². The Hall–Kier alpha value is -2.56. The van der Waals surface area contributed by atoms with Gasteiger partial charge in [-0.2, -0.15) is 0 Å². The lowest BCUT2D eigenvalue weighted by atomic mass is 10.0. The summed E-state index contributed by atoms with van der Waals surface area (Å²) in [7, 11) is 0. The number of fused-ring (bicyclic) bond motifs is 1. The number of aromatic hydroxyl groups is 1. The number of benzene rings is 2. The summed E-state index contributed by atoms with van der Waals surface area (Å²) in [6.07, 6.45) is 5.79. The normalized spacial score (nSPS) is 14.2. The molecule has 4 rings (SSSR count). The standard InChI is InChI=1S/C23H23ClN2O2/c24-21-7-1-6-18(13-21)19-12-20-16-26(10-11-28-23(20)22(27)14-19)9-3-5-17-4-2-8-25-15-17/h1-2,4,6-8,12-15,27H,3,5,9-11,16H2. The van der Waals surface area contributed by atoms with Gasteiger partial charge in [0.15, 0.2) is 11.5 Å².